The van der Waals surface area contributed by atoms with Crippen molar-refractivity contribution in [1.29, 1.82) is 0 Å². The molecule has 6 nitrogen and oxygen atoms in total. The largest absolute Gasteiger partial charge is 0.371 e. The lowest BCUT2D eigenvalue weighted by Gasteiger charge is -2.38. The van der Waals surface area contributed by atoms with Crippen LogP contribution in [-0.4, -0.2) is 50.9 Å². The first-order valence-corrected chi connectivity index (χ1v) is 12.0. The quantitative estimate of drug-likeness (QED) is 0.611. The van der Waals surface area contributed by atoms with Gasteiger partial charge < -0.3 is 14.4 Å². The number of pyridine rings is 1. The van der Waals surface area contributed by atoms with Gasteiger partial charge in [-0.15, -0.1) is 0 Å². The number of H-pyrrole nitrogens is 1. The highest BCUT2D eigenvalue weighted by atomic mass is 32.2. The minimum absolute atomic E-state index is 0.0101. The van der Waals surface area contributed by atoms with Crippen LogP contribution in [0.1, 0.15) is 30.9 Å². The fourth-order valence-corrected chi connectivity index (χ4v) is 5.46. The van der Waals surface area contributed by atoms with Crippen LogP contribution in [0.5, 0.6) is 0 Å². The van der Waals surface area contributed by atoms with E-state index in [0.29, 0.717) is 16.9 Å². The molecule has 2 saturated heterocycles. The molecule has 0 bridgehead atoms. The van der Waals surface area contributed by atoms with E-state index in [2.05, 4.69) is 20.9 Å². The molecule has 0 saturated carbocycles. The van der Waals surface area contributed by atoms with Gasteiger partial charge in [-0.05, 0) is 67.6 Å². The Morgan fingerprint density at radius 3 is 2.45 bits per heavy atom. The Morgan fingerprint density at radius 2 is 1.71 bits per heavy atom. The van der Waals surface area contributed by atoms with Crippen LogP contribution >= 0.6 is 0 Å². The van der Waals surface area contributed by atoms with Gasteiger partial charge in [0.1, 0.15) is 0 Å². The summed E-state index contributed by atoms with van der Waals surface area (Å²) in [5.74, 6) is 0.377. The molecule has 2 aliphatic heterocycles. The Bertz CT molecular complexity index is 1150. The zero-order valence-corrected chi connectivity index (χ0v) is 18.2. The van der Waals surface area contributed by atoms with Gasteiger partial charge in [0.25, 0.3) is 5.56 Å². The molecule has 2 unspecified atom stereocenters. The summed E-state index contributed by atoms with van der Waals surface area (Å²) in [4.78, 5) is 21.0. The van der Waals surface area contributed by atoms with Crippen molar-refractivity contribution in [2.24, 2.45) is 0 Å². The third kappa shape index (κ3) is 4.18. The summed E-state index contributed by atoms with van der Waals surface area (Å²) in [7, 11) is 0. The van der Waals surface area contributed by atoms with Crippen molar-refractivity contribution >= 4 is 27.5 Å². The third-order valence-electron chi connectivity index (χ3n) is 6.82. The van der Waals surface area contributed by atoms with Crippen molar-refractivity contribution in [2.75, 3.05) is 31.1 Å². The highest BCUT2D eigenvalue weighted by molar-refractivity contribution is 7.79. The third-order valence-corrected chi connectivity index (χ3v) is 7.49. The normalized spacial score (nSPS) is 21.6. The van der Waals surface area contributed by atoms with Gasteiger partial charge in [0.15, 0.2) is 11.1 Å². The summed E-state index contributed by atoms with van der Waals surface area (Å²) in [5.41, 5.74) is 2.18. The fourth-order valence-electron chi connectivity index (χ4n) is 5.09. The number of piperidine rings is 1. The smallest absolute Gasteiger partial charge is 0.256 e. The minimum atomic E-state index is -1.93. The predicted octanol–water partition coefficient (Wildman–Crippen LogP) is 3.57. The van der Waals surface area contributed by atoms with Crippen molar-refractivity contribution < 1.29 is 8.76 Å². The molecule has 2 aromatic carbocycles. The first kappa shape index (κ1) is 20.4. The van der Waals surface area contributed by atoms with E-state index in [-0.39, 0.29) is 5.56 Å². The van der Waals surface area contributed by atoms with Crippen LogP contribution in [0, 0.1) is 0 Å². The van der Waals surface area contributed by atoms with Crippen LogP contribution in [0.25, 0.3) is 10.8 Å². The summed E-state index contributed by atoms with van der Waals surface area (Å²) in [6.07, 6.45) is 3.29. The average molecular weight is 438 g/mol. The maximum Gasteiger partial charge on any atom is 0.256 e. The van der Waals surface area contributed by atoms with Gasteiger partial charge in [-0.2, -0.15) is 0 Å². The molecule has 7 heteroatoms. The van der Waals surface area contributed by atoms with Crippen LogP contribution in [0.3, 0.4) is 0 Å². The molecule has 5 rings (SSSR count). The summed E-state index contributed by atoms with van der Waals surface area (Å²) in [5, 5.41) is 1.77. The highest BCUT2D eigenvalue weighted by Gasteiger charge is 2.32. The molecule has 2 aliphatic rings. The Hall–Kier alpha value is -2.48. The van der Waals surface area contributed by atoms with Crippen molar-refractivity contribution in [3.05, 3.63) is 70.6 Å². The summed E-state index contributed by atoms with van der Waals surface area (Å²) in [6, 6.07) is 17.8. The predicted molar refractivity (Wildman–Crippen MR) is 124 cm³/mol. The molecular formula is C24H27N3O3S. The standard InChI is InChI=1S/C24H27N3O3S/c28-24-22-4-2-1-3-17(22)15-23(25-24)18-9-12-27(16-18)20-10-13-26(14-11-20)19-5-7-21(8-6-19)31(29)30/h1-8,15,18,20H,9-14,16H2,(H,25,28)(H,29,30). The number of nitrogens with one attached hydrogen (secondary N) is 1. The zero-order valence-electron chi connectivity index (χ0n) is 17.4. The molecule has 31 heavy (non-hydrogen) atoms. The maximum absolute atomic E-state index is 12.5. The van der Waals surface area contributed by atoms with E-state index < -0.39 is 11.1 Å². The second kappa shape index (κ2) is 8.57. The van der Waals surface area contributed by atoms with E-state index in [1.165, 1.54) is 0 Å². The summed E-state index contributed by atoms with van der Waals surface area (Å²) >= 11 is -1.93. The van der Waals surface area contributed by atoms with Crippen molar-refractivity contribution in [2.45, 2.75) is 36.1 Å². The van der Waals surface area contributed by atoms with Crippen LogP contribution in [-0.2, 0) is 11.1 Å². The lowest BCUT2D eigenvalue weighted by molar-refractivity contribution is 0.205. The molecule has 2 N–H and O–H groups in total. The number of hydrogen-bond donors (Lipinski definition) is 2. The monoisotopic (exact) mass is 437 g/mol. The van der Waals surface area contributed by atoms with Crippen molar-refractivity contribution in [1.82, 2.24) is 9.88 Å². The van der Waals surface area contributed by atoms with Crippen LogP contribution in [0.2, 0.25) is 0 Å². The van der Waals surface area contributed by atoms with Gasteiger partial charge in [-0.1, -0.05) is 18.2 Å². The van der Waals surface area contributed by atoms with E-state index in [4.69, 9.17) is 0 Å². The number of benzene rings is 2. The lowest BCUT2D eigenvalue weighted by atomic mass is 10.0. The molecule has 0 amide bonds. The van der Waals surface area contributed by atoms with Crippen molar-refractivity contribution in [3.63, 3.8) is 0 Å². The van der Waals surface area contributed by atoms with E-state index in [1.807, 2.05) is 36.4 Å². The summed E-state index contributed by atoms with van der Waals surface area (Å²) in [6.45, 7) is 4.04. The number of anilines is 1. The molecule has 0 aliphatic carbocycles. The van der Waals surface area contributed by atoms with E-state index >= 15 is 0 Å². The Labute approximate surface area is 184 Å². The lowest BCUT2D eigenvalue weighted by Crippen LogP contribution is -2.44. The Morgan fingerprint density at radius 1 is 0.968 bits per heavy atom. The van der Waals surface area contributed by atoms with Gasteiger partial charge in [0.05, 0.1) is 4.90 Å². The van der Waals surface area contributed by atoms with Crippen LogP contribution in [0.15, 0.2) is 64.3 Å². The second-order valence-electron chi connectivity index (χ2n) is 8.58. The van der Waals surface area contributed by atoms with Gasteiger partial charge >= 0.3 is 0 Å². The minimum Gasteiger partial charge on any atom is -0.371 e. The van der Waals surface area contributed by atoms with Gasteiger partial charge in [0, 0.05) is 48.4 Å². The van der Waals surface area contributed by atoms with E-state index in [0.717, 1.165) is 67.6 Å². The van der Waals surface area contributed by atoms with Crippen LogP contribution < -0.4 is 10.5 Å². The Kier molecular flexibility index (Phi) is 5.65. The topological polar surface area (TPSA) is 76.6 Å². The fraction of sp³-hybridized carbons (Fsp3) is 0.375. The molecule has 3 heterocycles. The number of aromatic amines is 1. The number of likely N-dealkylation sites (tertiary alicyclic amines) is 1. The zero-order chi connectivity index (χ0) is 21.4. The SMILES string of the molecule is O=c1[nH]c(C2CCN(C3CCN(c4ccc(S(=O)O)cc4)CC3)C2)cc2ccccc12. The van der Waals surface area contributed by atoms with E-state index in [9.17, 15) is 13.6 Å². The van der Waals surface area contributed by atoms with Gasteiger partial charge in [0.2, 0.25) is 0 Å². The molecule has 0 radical (unpaired) electrons. The van der Waals surface area contributed by atoms with Gasteiger partial charge in [-0.25, -0.2) is 4.21 Å². The Balaban J connectivity index is 1.21. The molecule has 1 aromatic heterocycles. The van der Waals surface area contributed by atoms with Crippen LogP contribution in [0.4, 0.5) is 5.69 Å². The molecule has 3 aromatic rings. The maximum atomic E-state index is 12.5. The number of aromatic nitrogens is 1. The molecule has 2 fully saturated rings. The number of nitrogens with zero attached hydrogens (tertiary/aromatic N) is 2. The van der Waals surface area contributed by atoms with Crippen molar-refractivity contribution in [3.8, 4) is 0 Å². The second-order valence-corrected chi connectivity index (χ2v) is 9.55. The number of hydrogen-bond acceptors (Lipinski definition) is 4. The van der Waals surface area contributed by atoms with E-state index in [1.54, 1.807) is 12.1 Å². The highest BCUT2D eigenvalue weighted by Crippen LogP contribution is 2.31. The number of rotatable bonds is 4. The average Bonchev–Trinajstić information content (AvgIpc) is 3.30. The molecule has 2 atom stereocenters. The first-order chi connectivity index (χ1) is 15.1. The molecular weight excluding hydrogens is 410 g/mol. The first-order valence-electron chi connectivity index (χ1n) is 10.9. The molecule has 0 spiro atoms. The number of fused-ring (bicyclic) bond motifs is 1. The molecule has 162 valence electrons. The van der Waals surface area contributed by atoms with Gasteiger partial charge in [-0.3, -0.25) is 9.69 Å². The summed E-state index contributed by atoms with van der Waals surface area (Å²) < 4.78 is 20.3.